The zero-order valence-electron chi connectivity index (χ0n) is 10.7. The highest BCUT2D eigenvalue weighted by Gasteiger charge is 2.15. The molecule has 1 unspecified atom stereocenters. The van der Waals surface area contributed by atoms with Gasteiger partial charge in [0.1, 0.15) is 0 Å². The minimum Gasteiger partial charge on any atom is -0.396 e. The van der Waals surface area contributed by atoms with Gasteiger partial charge in [-0.15, -0.1) is 0 Å². The van der Waals surface area contributed by atoms with Gasteiger partial charge in [0, 0.05) is 11.1 Å². The first-order chi connectivity index (χ1) is 9.33. The fraction of sp³-hybridized carbons (Fsp3) is 0.250. The van der Waals surface area contributed by atoms with Crippen LogP contribution in [0, 0.1) is 0 Å². The van der Waals surface area contributed by atoms with E-state index in [0.29, 0.717) is 0 Å². The van der Waals surface area contributed by atoms with Crippen molar-refractivity contribution in [1.82, 2.24) is 5.32 Å². The van der Waals surface area contributed by atoms with Gasteiger partial charge in [-0.1, -0.05) is 64.5 Å². The van der Waals surface area contributed by atoms with Crippen molar-refractivity contribution < 1.29 is 5.11 Å². The Bertz CT molecular complexity index is 501. The van der Waals surface area contributed by atoms with E-state index in [1.807, 2.05) is 30.3 Å². The first-order valence-electron chi connectivity index (χ1n) is 6.46. The Morgan fingerprint density at radius 1 is 1.00 bits per heavy atom. The lowest BCUT2D eigenvalue weighted by Crippen LogP contribution is -2.24. The SMILES string of the molecule is OCCCNC(c1ccccc1)c1ccccc1Br. The molecule has 0 heterocycles. The van der Waals surface area contributed by atoms with Crippen molar-refractivity contribution in [3.05, 3.63) is 70.2 Å². The lowest BCUT2D eigenvalue weighted by molar-refractivity contribution is 0.284. The summed E-state index contributed by atoms with van der Waals surface area (Å²) in [5.74, 6) is 0. The van der Waals surface area contributed by atoms with E-state index in [4.69, 9.17) is 5.11 Å². The van der Waals surface area contributed by atoms with E-state index in [2.05, 4.69) is 45.5 Å². The van der Waals surface area contributed by atoms with Crippen LogP contribution in [0.25, 0.3) is 0 Å². The van der Waals surface area contributed by atoms with Crippen LogP contribution < -0.4 is 5.32 Å². The Balaban J connectivity index is 2.27. The smallest absolute Gasteiger partial charge is 0.0587 e. The van der Waals surface area contributed by atoms with Crippen LogP contribution in [-0.2, 0) is 0 Å². The molecule has 0 saturated heterocycles. The molecule has 2 aromatic carbocycles. The molecule has 3 heteroatoms. The van der Waals surface area contributed by atoms with Gasteiger partial charge in [-0.3, -0.25) is 0 Å². The second-order valence-electron chi connectivity index (χ2n) is 4.40. The zero-order valence-corrected chi connectivity index (χ0v) is 12.3. The lowest BCUT2D eigenvalue weighted by atomic mass is 9.98. The maximum Gasteiger partial charge on any atom is 0.0587 e. The van der Waals surface area contributed by atoms with Gasteiger partial charge < -0.3 is 10.4 Å². The van der Waals surface area contributed by atoms with Gasteiger partial charge in [0.05, 0.1) is 6.04 Å². The van der Waals surface area contributed by atoms with E-state index in [0.717, 1.165) is 17.4 Å². The summed E-state index contributed by atoms with van der Waals surface area (Å²) < 4.78 is 1.10. The second kappa shape index (κ2) is 7.43. The fourth-order valence-electron chi connectivity index (χ4n) is 2.09. The van der Waals surface area contributed by atoms with Crippen molar-refractivity contribution >= 4 is 15.9 Å². The predicted molar refractivity (Wildman–Crippen MR) is 82.1 cm³/mol. The highest BCUT2D eigenvalue weighted by molar-refractivity contribution is 9.10. The van der Waals surface area contributed by atoms with E-state index in [1.165, 1.54) is 11.1 Å². The Morgan fingerprint density at radius 2 is 1.68 bits per heavy atom. The van der Waals surface area contributed by atoms with Gasteiger partial charge in [0.25, 0.3) is 0 Å². The first kappa shape index (κ1) is 14.3. The normalized spacial score (nSPS) is 12.3. The first-order valence-corrected chi connectivity index (χ1v) is 7.26. The van der Waals surface area contributed by atoms with Crippen LogP contribution in [0.1, 0.15) is 23.6 Å². The molecule has 0 radical (unpaired) electrons. The van der Waals surface area contributed by atoms with Gasteiger partial charge in [-0.2, -0.15) is 0 Å². The van der Waals surface area contributed by atoms with Crippen LogP contribution in [0.5, 0.6) is 0 Å². The van der Waals surface area contributed by atoms with E-state index in [9.17, 15) is 0 Å². The Hall–Kier alpha value is -1.16. The van der Waals surface area contributed by atoms with Crippen molar-refractivity contribution in [3.63, 3.8) is 0 Å². The summed E-state index contributed by atoms with van der Waals surface area (Å²) in [5.41, 5.74) is 2.44. The molecule has 0 aliphatic heterocycles. The molecule has 0 fully saturated rings. The molecule has 0 amide bonds. The van der Waals surface area contributed by atoms with E-state index in [-0.39, 0.29) is 12.6 Å². The Morgan fingerprint density at radius 3 is 2.37 bits per heavy atom. The van der Waals surface area contributed by atoms with Crippen molar-refractivity contribution in [1.29, 1.82) is 0 Å². The molecule has 2 aromatic rings. The highest BCUT2D eigenvalue weighted by Crippen LogP contribution is 2.28. The number of benzene rings is 2. The molecule has 0 aromatic heterocycles. The van der Waals surface area contributed by atoms with Crippen LogP contribution in [0.15, 0.2) is 59.1 Å². The molecule has 2 rings (SSSR count). The molecule has 1 atom stereocenters. The minimum atomic E-state index is 0.142. The number of hydrogen-bond acceptors (Lipinski definition) is 2. The fourth-order valence-corrected chi connectivity index (χ4v) is 2.60. The minimum absolute atomic E-state index is 0.142. The quantitative estimate of drug-likeness (QED) is 0.798. The van der Waals surface area contributed by atoms with Crippen molar-refractivity contribution in [2.45, 2.75) is 12.5 Å². The average molecular weight is 320 g/mol. The molecular formula is C16H18BrNO. The topological polar surface area (TPSA) is 32.3 Å². The summed E-state index contributed by atoms with van der Waals surface area (Å²) >= 11 is 3.61. The third kappa shape index (κ3) is 3.90. The molecule has 0 spiro atoms. The van der Waals surface area contributed by atoms with Gasteiger partial charge in [0.2, 0.25) is 0 Å². The summed E-state index contributed by atoms with van der Waals surface area (Å²) in [4.78, 5) is 0. The molecule has 0 bridgehead atoms. The monoisotopic (exact) mass is 319 g/mol. The third-order valence-corrected chi connectivity index (χ3v) is 3.75. The predicted octanol–water partition coefficient (Wildman–Crippen LogP) is 3.51. The summed E-state index contributed by atoms with van der Waals surface area (Å²) in [6, 6.07) is 18.7. The van der Waals surface area contributed by atoms with Crippen LogP contribution >= 0.6 is 15.9 Å². The average Bonchev–Trinajstić information content (AvgIpc) is 2.46. The standard InChI is InChI=1S/C16H18BrNO/c17-15-10-5-4-9-14(15)16(18-11-6-12-19)13-7-2-1-3-8-13/h1-5,7-10,16,18-19H,6,11-12H2. The van der Waals surface area contributed by atoms with Crippen LogP contribution in [0.2, 0.25) is 0 Å². The molecule has 0 aliphatic rings. The largest absolute Gasteiger partial charge is 0.396 e. The Kier molecular flexibility index (Phi) is 5.58. The number of aliphatic hydroxyl groups is 1. The summed E-state index contributed by atoms with van der Waals surface area (Å²) in [5, 5.41) is 12.4. The molecule has 0 aliphatic carbocycles. The molecule has 2 N–H and O–H groups in total. The van der Waals surface area contributed by atoms with E-state index < -0.39 is 0 Å². The number of halogens is 1. The van der Waals surface area contributed by atoms with Crippen molar-refractivity contribution in [2.24, 2.45) is 0 Å². The van der Waals surface area contributed by atoms with Crippen molar-refractivity contribution in [2.75, 3.05) is 13.2 Å². The van der Waals surface area contributed by atoms with E-state index in [1.54, 1.807) is 0 Å². The van der Waals surface area contributed by atoms with Gasteiger partial charge in [-0.25, -0.2) is 0 Å². The van der Waals surface area contributed by atoms with E-state index >= 15 is 0 Å². The van der Waals surface area contributed by atoms with Gasteiger partial charge in [-0.05, 0) is 30.2 Å². The zero-order chi connectivity index (χ0) is 13.5. The van der Waals surface area contributed by atoms with Gasteiger partial charge >= 0.3 is 0 Å². The number of aliphatic hydroxyl groups excluding tert-OH is 1. The second-order valence-corrected chi connectivity index (χ2v) is 5.25. The molecule has 0 saturated carbocycles. The van der Waals surface area contributed by atoms with Gasteiger partial charge in [0.15, 0.2) is 0 Å². The number of hydrogen-bond donors (Lipinski definition) is 2. The van der Waals surface area contributed by atoms with Crippen LogP contribution in [0.3, 0.4) is 0 Å². The number of nitrogens with one attached hydrogen (secondary N) is 1. The maximum atomic E-state index is 8.93. The third-order valence-electron chi connectivity index (χ3n) is 3.03. The summed E-state index contributed by atoms with van der Waals surface area (Å²) in [6.07, 6.45) is 0.758. The summed E-state index contributed by atoms with van der Waals surface area (Å²) in [7, 11) is 0. The molecule has 19 heavy (non-hydrogen) atoms. The summed E-state index contributed by atoms with van der Waals surface area (Å²) in [6.45, 7) is 1.00. The molecule has 100 valence electrons. The van der Waals surface area contributed by atoms with Crippen LogP contribution in [-0.4, -0.2) is 18.3 Å². The van der Waals surface area contributed by atoms with Crippen LogP contribution in [0.4, 0.5) is 0 Å². The molecular weight excluding hydrogens is 302 g/mol. The molecule has 2 nitrogen and oxygen atoms in total. The maximum absolute atomic E-state index is 8.93. The van der Waals surface area contributed by atoms with Crippen molar-refractivity contribution in [3.8, 4) is 0 Å². The number of rotatable bonds is 6. The lowest BCUT2D eigenvalue weighted by Gasteiger charge is -2.21. The Labute approximate surface area is 122 Å². The highest BCUT2D eigenvalue weighted by atomic mass is 79.9.